The number of hydrogen-bond donors (Lipinski definition) is 3. The standard InChI is InChI=1S/C23H29NO6S/c1-16-3-7-19(8-4-16)24-23(27)30-22(17(2)11-13-29-21(26)15-31)18-5-9-20(10-6-18)28-14-12-25/h3-10,17,22,25,31H,11-15H2,1-2H3,(H,24,27)/t17-,22+/m0/s1. The minimum atomic E-state index is -0.575. The Hall–Kier alpha value is -2.71. The molecular formula is C23H29NO6S. The fraction of sp³-hybridized carbons (Fsp3) is 0.391. The Morgan fingerprint density at radius 2 is 1.74 bits per heavy atom. The van der Waals surface area contributed by atoms with Crippen LogP contribution in [-0.2, 0) is 14.3 Å². The minimum absolute atomic E-state index is 0.0164. The summed E-state index contributed by atoms with van der Waals surface area (Å²) in [5.41, 5.74) is 2.51. The summed E-state index contributed by atoms with van der Waals surface area (Å²) in [5, 5.41) is 11.6. The van der Waals surface area contributed by atoms with E-state index in [1.165, 1.54) is 0 Å². The molecule has 2 aromatic carbocycles. The number of aliphatic hydroxyl groups excluding tert-OH is 1. The highest BCUT2D eigenvalue weighted by Gasteiger charge is 2.24. The summed E-state index contributed by atoms with van der Waals surface area (Å²) in [7, 11) is 0. The summed E-state index contributed by atoms with van der Waals surface area (Å²) >= 11 is 3.89. The predicted molar refractivity (Wildman–Crippen MR) is 122 cm³/mol. The maximum Gasteiger partial charge on any atom is 0.412 e. The Labute approximate surface area is 188 Å². The molecule has 8 heteroatoms. The smallest absolute Gasteiger partial charge is 0.412 e. The number of nitrogens with one attached hydrogen (secondary N) is 1. The van der Waals surface area contributed by atoms with E-state index in [1.807, 2.05) is 38.1 Å². The normalized spacial score (nSPS) is 12.5. The molecule has 0 radical (unpaired) electrons. The molecule has 0 heterocycles. The largest absolute Gasteiger partial charge is 0.491 e. The fourth-order valence-electron chi connectivity index (χ4n) is 2.89. The zero-order valence-corrected chi connectivity index (χ0v) is 18.6. The summed E-state index contributed by atoms with van der Waals surface area (Å²) in [6, 6.07) is 14.5. The Morgan fingerprint density at radius 1 is 1.06 bits per heavy atom. The van der Waals surface area contributed by atoms with Gasteiger partial charge in [0.2, 0.25) is 0 Å². The van der Waals surface area contributed by atoms with E-state index in [-0.39, 0.29) is 31.5 Å². The van der Waals surface area contributed by atoms with Gasteiger partial charge in [-0.25, -0.2) is 4.79 Å². The van der Waals surface area contributed by atoms with Crippen molar-refractivity contribution in [1.29, 1.82) is 0 Å². The van der Waals surface area contributed by atoms with Crippen molar-refractivity contribution in [2.24, 2.45) is 5.92 Å². The highest BCUT2D eigenvalue weighted by molar-refractivity contribution is 7.81. The highest BCUT2D eigenvalue weighted by atomic mass is 32.1. The van der Waals surface area contributed by atoms with Gasteiger partial charge in [0.15, 0.2) is 0 Å². The van der Waals surface area contributed by atoms with Crippen LogP contribution in [0.5, 0.6) is 5.75 Å². The number of carbonyl (C=O) groups excluding carboxylic acids is 2. The molecule has 0 aliphatic rings. The first kappa shape index (κ1) is 24.6. The third-order valence-corrected chi connectivity index (χ3v) is 4.84. The number of carbonyl (C=O) groups is 2. The molecule has 168 valence electrons. The van der Waals surface area contributed by atoms with Crippen molar-refractivity contribution in [2.45, 2.75) is 26.4 Å². The van der Waals surface area contributed by atoms with Crippen molar-refractivity contribution in [2.75, 3.05) is 30.9 Å². The third-order valence-electron chi connectivity index (χ3n) is 4.58. The van der Waals surface area contributed by atoms with Crippen molar-refractivity contribution < 1.29 is 28.9 Å². The van der Waals surface area contributed by atoms with Gasteiger partial charge in [-0.3, -0.25) is 10.1 Å². The number of benzene rings is 2. The fourth-order valence-corrected chi connectivity index (χ4v) is 2.98. The van der Waals surface area contributed by atoms with Crippen LogP contribution in [0.2, 0.25) is 0 Å². The van der Waals surface area contributed by atoms with Crippen molar-refractivity contribution in [3.05, 3.63) is 59.7 Å². The van der Waals surface area contributed by atoms with Gasteiger partial charge in [0.1, 0.15) is 18.5 Å². The molecule has 1 amide bonds. The van der Waals surface area contributed by atoms with Crippen molar-refractivity contribution >= 4 is 30.4 Å². The molecule has 0 spiro atoms. The van der Waals surface area contributed by atoms with Crippen molar-refractivity contribution in [1.82, 2.24) is 0 Å². The molecule has 7 nitrogen and oxygen atoms in total. The number of amides is 1. The van der Waals surface area contributed by atoms with Crippen LogP contribution in [0.3, 0.4) is 0 Å². The third kappa shape index (κ3) is 8.51. The molecule has 31 heavy (non-hydrogen) atoms. The minimum Gasteiger partial charge on any atom is -0.491 e. The topological polar surface area (TPSA) is 94.1 Å². The van der Waals surface area contributed by atoms with E-state index in [1.54, 1.807) is 24.3 Å². The van der Waals surface area contributed by atoms with Crippen LogP contribution < -0.4 is 10.1 Å². The SMILES string of the molecule is Cc1ccc(NC(=O)O[C@@H](c2ccc(OCCO)cc2)[C@@H](C)CCOC(=O)CS)cc1. The second-order valence-electron chi connectivity index (χ2n) is 7.10. The lowest BCUT2D eigenvalue weighted by Gasteiger charge is -2.25. The molecule has 0 aliphatic carbocycles. The van der Waals surface area contributed by atoms with E-state index in [0.717, 1.165) is 11.1 Å². The molecule has 0 fully saturated rings. The quantitative estimate of drug-likeness (QED) is 0.354. The lowest BCUT2D eigenvalue weighted by molar-refractivity contribution is -0.141. The van der Waals surface area contributed by atoms with E-state index < -0.39 is 18.2 Å². The van der Waals surface area contributed by atoms with Gasteiger partial charge in [-0.15, -0.1) is 0 Å². The van der Waals surface area contributed by atoms with Gasteiger partial charge in [0.25, 0.3) is 0 Å². The van der Waals surface area contributed by atoms with Crippen LogP contribution in [0.15, 0.2) is 48.5 Å². The van der Waals surface area contributed by atoms with Crippen LogP contribution in [0.25, 0.3) is 0 Å². The summed E-state index contributed by atoms with van der Waals surface area (Å²) in [5.74, 6) is 0.106. The van der Waals surface area contributed by atoms with Gasteiger partial charge < -0.3 is 19.3 Å². The van der Waals surface area contributed by atoms with Crippen LogP contribution in [0.4, 0.5) is 10.5 Å². The number of ether oxygens (including phenoxy) is 3. The lowest BCUT2D eigenvalue weighted by Crippen LogP contribution is -2.23. The van der Waals surface area contributed by atoms with E-state index in [2.05, 4.69) is 17.9 Å². The molecule has 0 saturated carbocycles. The number of aryl methyl sites for hydroxylation is 1. The van der Waals surface area contributed by atoms with Crippen LogP contribution in [0.1, 0.15) is 30.6 Å². The Balaban J connectivity index is 2.09. The maximum absolute atomic E-state index is 12.5. The Kier molecular flexibility index (Phi) is 10.2. The molecule has 0 bridgehead atoms. The molecule has 2 rings (SSSR count). The van der Waals surface area contributed by atoms with Crippen molar-refractivity contribution in [3.8, 4) is 5.75 Å². The summed E-state index contributed by atoms with van der Waals surface area (Å²) < 4.78 is 16.2. The number of esters is 1. The number of anilines is 1. The first-order chi connectivity index (χ1) is 14.9. The summed E-state index contributed by atoms with van der Waals surface area (Å²) in [6.45, 7) is 4.22. The van der Waals surface area contributed by atoms with Gasteiger partial charge in [0.05, 0.1) is 19.0 Å². The number of aliphatic hydroxyl groups is 1. The Morgan fingerprint density at radius 3 is 2.35 bits per heavy atom. The average molecular weight is 448 g/mol. The Bertz CT molecular complexity index is 825. The average Bonchev–Trinajstić information content (AvgIpc) is 2.77. The number of rotatable bonds is 11. The van der Waals surface area contributed by atoms with Crippen LogP contribution in [0, 0.1) is 12.8 Å². The molecular weight excluding hydrogens is 418 g/mol. The van der Waals surface area contributed by atoms with E-state index in [0.29, 0.717) is 17.9 Å². The molecule has 0 saturated heterocycles. The molecule has 2 N–H and O–H groups in total. The number of hydrogen-bond acceptors (Lipinski definition) is 7. The van der Waals surface area contributed by atoms with Gasteiger partial charge in [0, 0.05) is 11.6 Å². The van der Waals surface area contributed by atoms with Gasteiger partial charge >= 0.3 is 12.1 Å². The van der Waals surface area contributed by atoms with Crippen molar-refractivity contribution in [3.63, 3.8) is 0 Å². The molecule has 0 aliphatic heterocycles. The van der Waals surface area contributed by atoms with Gasteiger partial charge in [-0.05, 0) is 43.2 Å². The summed E-state index contributed by atoms with van der Waals surface area (Å²) in [6.07, 6.45) is -0.634. The predicted octanol–water partition coefficient (Wildman–Crippen LogP) is 4.16. The zero-order chi connectivity index (χ0) is 22.6. The van der Waals surface area contributed by atoms with E-state index in [9.17, 15) is 9.59 Å². The van der Waals surface area contributed by atoms with Gasteiger partial charge in [-0.1, -0.05) is 36.8 Å². The van der Waals surface area contributed by atoms with E-state index >= 15 is 0 Å². The van der Waals surface area contributed by atoms with Crippen LogP contribution >= 0.6 is 12.6 Å². The first-order valence-corrected chi connectivity index (χ1v) is 10.7. The number of thiol groups is 1. The lowest BCUT2D eigenvalue weighted by atomic mass is 9.94. The zero-order valence-electron chi connectivity index (χ0n) is 17.7. The van der Waals surface area contributed by atoms with Gasteiger partial charge in [-0.2, -0.15) is 12.6 Å². The second kappa shape index (κ2) is 12.9. The monoisotopic (exact) mass is 447 g/mol. The molecule has 2 aromatic rings. The summed E-state index contributed by atoms with van der Waals surface area (Å²) in [4.78, 5) is 23.9. The highest BCUT2D eigenvalue weighted by Crippen LogP contribution is 2.30. The second-order valence-corrected chi connectivity index (χ2v) is 7.42. The molecule has 0 aromatic heterocycles. The van der Waals surface area contributed by atoms with Crippen LogP contribution in [-0.4, -0.2) is 42.7 Å². The first-order valence-electron chi connectivity index (χ1n) is 10.1. The van der Waals surface area contributed by atoms with E-state index in [4.69, 9.17) is 19.3 Å². The maximum atomic E-state index is 12.5. The molecule has 0 unspecified atom stereocenters. The molecule has 2 atom stereocenters.